The van der Waals surface area contributed by atoms with Crippen molar-refractivity contribution < 1.29 is 42.9 Å². The van der Waals surface area contributed by atoms with E-state index in [9.17, 15) is 19.2 Å². The summed E-state index contributed by atoms with van der Waals surface area (Å²) in [5, 5.41) is 0. The van der Waals surface area contributed by atoms with Crippen LogP contribution in [0.1, 0.15) is 27.7 Å². The van der Waals surface area contributed by atoms with Crippen molar-refractivity contribution in [3.63, 3.8) is 0 Å². The molecule has 0 spiro atoms. The molecule has 0 aromatic rings. The zero-order valence-corrected chi connectivity index (χ0v) is 14.4. The first-order valence-electron chi connectivity index (χ1n) is 7.06. The summed E-state index contributed by atoms with van der Waals surface area (Å²) in [5.41, 5.74) is -1.20. The zero-order chi connectivity index (χ0) is 18.4. The molecule has 1 aliphatic rings. The van der Waals surface area contributed by atoms with E-state index in [0.29, 0.717) is 0 Å². The summed E-state index contributed by atoms with van der Waals surface area (Å²) in [7, 11) is 0. The van der Waals surface area contributed by atoms with Gasteiger partial charge in [-0.1, -0.05) is 11.6 Å². The summed E-state index contributed by atoms with van der Waals surface area (Å²) in [6, 6.07) is 0. The lowest BCUT2D eigenvalue weighted by Crippen LogP contribution is -2.61. The number of carbonyl (C=O) groups excluding carboxylic acids is 4. The summed E-state index contributed by atoms with van der Waals surface area (Å²) >= 11 is 6.05. The van der Waals surface area contributed by atoms with Crippen LogP contribution in [0.15, 0.2) is 0 Å². The van der Waals surface area contributed by atoms with E-state index in [1.165, 1.54) is 6.92 Å². The van der Waals surface area contributed by atoms with Crippen LogP contribution in [-0.2, 0) is 42.9 Å². The Morgan fingerprint density at radius 2 is 1.25 bits per heavy atom. The van der Waals surface area contributed by atoms with Crippen molar-refractivity contribution in [3.05, 3.63) is 0 Å². The van der Waals surface area contributed by atoms with Crippen LogP contribution in [0.25, 0.3) is 0 Å². The molecule has 0 radical (unpaired) electrons. The lowest BCUT2D eigenvalue weighted by Gasteiger charge is -2.42. The molecular weight excluding hydrogens is 348 g/mol. The van der Waals surface area contributed by atoms with Gasteiger partial charge in [-0.25, -0.2) is 0 Å². The van der Waals surface area contributed by atoms with Gasteiger partial charge in [-0.3, -0.25) is 19.2 Å². The fourth-order valence-corrected chi connectivity index (χ4v) is 2.50. The van der Waals surface area contributed by atoms with Crippen LogP contribution in [0, 0.1) is 0 Å². The first-order valence-corrected chi connectivity index (χ1v) is 7.50. The number of carbonyl (C=O) groups is 4. The number of alkyl halides is 1. The summed E-state index contributed by atoms with van der Waals surface area (Å²) < 4.78 is 25.6. The van der Waals surface area contributed by atoms with Gasteiger partial charge in [0.05, 0.1) is 0 Å². The highest BCUT2D eigenvalue weighted by Gasteiger charge is 2.51. The van der Waals surface area contributed by atoms with Crippen molar-refractivity contribution >= 4 is 35.5 Å². The number of halogens is 1. The van der Waals surface area contributed by atoms with Crippen LogP contribution in [0.4, 0.5) is 0 Å². The van der Waals surface area contributed by atoms with Gasteiger partial charge in [0, 0.05) is 27.7 Å². The summed E-state index contributed by atoms with van der Waals surface area (Å²) in [6.45, 7) is 4.31. The van der Waals surface area contributed by atoms with E-state index in [1.54, 1.807) is 0 Å². The Balaban J connectivity index is 3.11. The molecule has 24 heavy (non-hydrogen) atoms. The minimum Gasteiger partial charge on any atom is -0.463 e. The zero-order valence-electron chi connectivity index (χ0n) is 13.6. The summed E-state index contributed by atoms with van der Waals surface area (Å²) in [4.78, 5) is 45.0. The Labute approximate surface area is 143 Å². The van der Waals surface area contributed by atoms with Crippen molar-refractivity contribution in [2.45, 2.75) is 57.7 Å². The maximum Gasteiger partial charge on any atom is 0.303 e. The summed E-state index contributed by atoms with van der Waals surface area (Å²) in [6.07, 6.45) is -4.60. The second kappa shape index (κ2) is 8.84. The Kier molecular flexibility index (Phi) is 7.43. The predicted molar refractivity (Wildman–Crippen MR) is 77.8 cm³/mol. The molecule has 0 aromatic heterocycles. The van der Waals surface area contributed by atoms with Gasteiger partial charge in [-0.05, 0) is 0 Å². The fourth-order valence-electron chi connectivity index (χ4n) is 2.18. The number of hydrogen-bond acceptors (Lipinski definition) is 9. The molecule has 0 saturated carbocycles. The number of rotatable bonds is 5. The Morgan fingerprint density at radius 3 is 1.71 bits per heavy atom. The molecule has 1 rings (SSSR count). The molecule has 0 N–H and O–H groups in total. The third-order valence-corrected chi connectivity index (χ3v) is 3.29. The van der Waals surface area contributed by atoms with E-state index in [-0.39, 0.29) is 6.61 Å². The van der Waals surface area contributed by atoms with E-state index in [0.717, 1.165) is 20.8 Å². The molecule has 0 amide bonds. The van der Waals surface area contributed by atoms with Gasteiger partial charge in [-0.2, -0.15) is 0 Å². The van der Waals surface area contributed by atoms with E-state index in [1.807, 2.05) is 0 Å². The molecule has 1 saturated heterocycles. The first-order chi connectivity index (χ1) is 11.1. The minimum atomic E-state index is -1.22. The van der Waals surface area contributed by atoms with E-state index in [2.05, 4.69) is 0 Å². The Bertz CT molecular complexity index is 506. The predicted octanol–water partition coefficient (Wildman–Crippen LogP) is 0.308. The quantitative estimate of drug-likeness (QED) is 0.385. The molecule has 136 valence electrons. The average Bonchev–Trinajstić information content (AvgIpc) is 2.42. The minimum absolute atomic E-state index is 0.291. The molecule has 9 nitrogen and oxygen atoms in total. The van der Waals surface area contributed by atoms with Gasteiger partial charge < -0.3 is 23.7 Å². The largest absolute Gasteiger partial charge is 0.463 e. The lowest BCUT2D eigenvalue weighted by atomic mass is 9.99. The van der Waals surface area contributed by atoms with Crippen molar-refractivity contribution in [3.8, 4) is 0 Å². The monoisotopic (exact) mass is 366 g/mol. The smallest absolute Gasteiger partial charge is 0.303 e. The van der Waals surface area contributed by atoms with Gasteiger partial charge in [-0.15, -0.1) is 0 Å². The van der Waals surface area contributed by atoms with E-state index < -0.39 is 53.9 Å². The fraction of sp³-hybridized carbons (Fsp3) is 0.714. The normalized spacial score (nSPS) is 29.3. The molecule has 1 aliphatic heterocycles. The van der Waals surface area contributed by atoms with Crippen LogP contribution in [-0.4, -0.2) is 60.5 Å². The average molecular weight is 367 g/mol. The molecule has 0 bridgehead atoms. The van der Waals surface area contributed by atoms with Crippen molar-refractivity contribution in [1.82, 2.24) is 0 Å². The molecule has 0 unspecified atom stereocenters. The van der Waals surface area contributed by atoms with Gasteiger partial charge in [0.1, 0.15) is 12.7 Å². The Morgan fingerprint density at radius 1 is 0.792 bits per heavy atom. The molecule has 0 aliphatic carbocycles. The standard InChI is InChI=1S/C14H19ClO9/c1-6(16)20-5-10-11(21-7(2)17)12(22-8(3)18)13(14(15)24-10)23-9(4)19/h10-14H,5H2,1-4H3/t10-,11+,12+,13-,14-/m1/s1. The number of hydrogen-bond donors (Lipinski definition) is 0. The van der Waals surface area contributed by atoms with Gasteiger partial charge in [0.2, 0.25) is 0 Å². The second-order valence-corrected chi connectivity index (χ2v) is 5.48. The molecule has 5 atom stereocenters. The maximum absolute atomic E-state index is 11.4. The molecule has 1 heterocycles. The van der Waals surface area contributed by atoms with Gasteiger partial charge >= 0.3 is 23.9 Å². The van der Waals surface area contributed by atoms with Crippen molar-refractivity contribution in [1.29, 1.82) is 0 Å². The summed E-state index contributed by atoms with van der Waals surface area (Å²) in [5.74, 6) is -2.67. The first kappa shape index (κ1) is 20.2. The van der Waals surface area contributed by atoms with Crippen molar-refractivity contribution in [2.75, 3.05) is 6.61 Å². The third kappa shape index (κ3) is 5.97. The van der Waals surface area contributed by atoms with Crippen LogP contribution in [0.2, 0.25) is 0 Å². The Hall–Kier alpha value is -1.87. The van der Waals surface area contributed by atoms with Gasteiger partial charge in [0.15, 0.2) is 23.9 Å². The highest BCUT2D eigenvalue weighted by atomic mass is 35.5. The lowest BCUT2D eigenvalue weighted by molar-refractivity contribution is -0.238. The maximum atomic E-state index is 11.4. The topological polar surface area (TPSA) is 114 Å². The highest BCUT2D eigenvalue weighted by Crippen LogP contribution is 2.30. The molecule has 1 fully saturated rings. The van der Waals surface area contributed by atoms with Gasteiger partial charge in [0.25, 0.3) is 0 Å². The van der Waals surface area contributed by atoms with Crippen LogP contribution in [0.5, 0.6) is 0 Å². The van der Waals surface area contributed by atoms with E-state index in [4.69, 9.17) is 35.3 Å². The molecule has 0 aromatic carbocycles. The van der Waals surface area contributed by atoms with Crippen LogP contribution < -0.4 is 0 Å². The molecule has 10 heteroatoms. The number of esters is 4. The third-order valence-electron chi connectivity index (χ3n) is 2.93. The highest BCUT2D eigenvalue weighted by molar-refractivity contribution is 6.20. The van der Waals surface area contributed by atoms with E-state index >= 15 is 0 Å². The van der Waals surface area contributed by atoms with Crippen LogP contribution >= 0.6 is 11.6 Å². The van der Waals surface area contributed by atoms with Crippen LogP contribution in [0.3, 0.4) is 0 Å². The van der Waals surface area contributed by atoms with Crippen molar-refractivity contribution in [2.24, 2.45) is 0 Å². The molecular formula is C14H19ClO9. The SMILES string of the molecule is CC(=O)OC[C@H]1O[C@@H](Cl)[C@H](OC(C)=O)[C@@H](OC(C)=O)[C@H]1OC(C)=O. The number of ether oxygens (including phenoxy) is 5. The second-order valence-electron chi connectivity index (χ2n) is 5.05.